The summed E-state index contributed by atoms with van der Waals surface area (Å²) >= 11 is 0. The third-order valence-electron chi connectivity index (χ3n) is 1.64. The normalized spacial score (nSPS) is 12.8. The summed E-state index contributed by atoms with van der Waals surface area (Å²) in [6.07, 6.45) is 1.69. The van der Waals surface area contributed by atoms with Crippen LogP contribution in [0.3, 0.4) is 0 Å². The van der Waals surface area contributed by atoms with Crippen LogP contribution in [-0.2, 0) is 17.3 Å². The first-order valence-electron chi connectivity index (χ1n) is 3.81. The Bertz CT molecular complexity index is 268. The smallest absolute Gasteiger partial charge is 0.0498 e. The molecule has 12 heavy (non-hydrogen) atoms. The topological polar surface area (TPSA) is 29.1 Å². The molecule has 1 aromatic rings. The van der Waals surface area contributed by atoms with Gasteiger partial charge in [0.2, 0.25) is 0 Å². The highest BCUT2D eigenvalue weighted by atomic mass is 32.2. The molecule has 0 fully saturated rings. The highest BCUT2D eigenvalue weighted by Gasteiger charge is 1.95. The Balaban J connectivity index is 2.78. The highest BCUT2D eigenvalue weighted by Crippen LogP contribution is 2.06. The summed E-state index contributed by atoms with van der Waals surface area (Å²) in [5, 5.41) is 3.06. The molecule has 0 amide bonds. The maximum Gasteiger partial charge on any atom is 0.0498 e. The van der Waals surface area contributed by atoms with Gasteiger partial charge < -0.3 is 5.32 Å². The van der Waals surface area contributed by atoms with Crippen LogP contribution in [0.25, 0.3) is 0 Å². The van der Waals surface area contributed by atoms with Crippen LogP contribution in [0.1, 0.15) is 5.56 Å². The number of rotatable bonds is 3. The second-order valence-electron chi connectivity index (χ2n) is 2.63. The Kier molecular flexibility index (Phi) is 3.44. The summed E-state index contributed by atoms with van der Waals surface area (Å²) in [7, 11) is 1.05. The van der Waals surface area contributed by atoms with Crippen molar-refractivity contribution in [3.05, 3.63) is 29.8 Å². The molecule has 66 valence electrons. The Hall–Kier alpha value is -0.670. The van der Waals surface area contributed by atoms with Gasteiger partial charge in [-0.3, -0.25) is 4.21 Å². The molecule has 1 atom stereocenters. The third-order valence-corrected chi connectivity index (χ3v) is 2.57. The molecule has 0 bridgehead atoms. The molecular formula is C9H13NOS. The lowest BCUT2D eigenvalue weighted by Gasteiger charge is -2.00. The molecule has 0 heterocycles. The molecule has 1 aromatic carbocycles. The molecule has 0 aliphatic carbocycles. The van der Waals surface area contributed by atoms with Gasteiger partial charge in [0.25, 0.3) is 0 Å². The van der Waals surface area contributed by atoms with Crippen LogP contribution in [0, 0.1) is 0 Å². The Morgan fingerprint density at radius 2 is 1.92 bits per heavy atom. The van der Waals surface area contributed by atoms with E-state index >= 15 is 0 Å². The van der Waals surface area contributed by atoms with Crippen LogP contribution < -0.4 is 5.32 Å². The van der Waals surface area contributed by atoms with Crippen molar-refractivity contribution in [1.82, 2.24) is 5.32 Å². The average Bonchev–Trinajstić information content (AvgIpc) is 2.06. The second-order valence-corrected chi connectivity index (χ2v) is 4.01. The fourth-order valence-electron chi connectivity index (χ4n) is 1.00. The lowest BCUT2D eigenvalue weighted by Crippen LogP contribution is -2.04. The van der Waals surface area contributed by atoms with E-state index in [0.29, 0.717) is 0 Å². The van der Waals surface area contributed by atoms with Gasteiger partial charge in [0, 0.05) is 28.5 Å². The lowest BCUT2D eigenvalue weighted by atomic mass is 10.2. The van der Waals surface area contributed by atoms with Gasteiger partial charge in [-0.25, -0.2) is 0 Å². The molecule has 0 saturated heterocycles. The fourth-order valence-corrected chi connectivity index (χ4v) is 1.52. The number of hydrogen-bond donors (Lipinski definition) is 1. The number of nitrogens with one attached hydrogen (secondary N) is 1. The molecule has 2 nitrogen and oxygen atoms in total. The summed E-state index contributed by atoms with van der Waals surface area (Å²) in [6.45, 7) is 0.858. The van der Waals surface area contributed by atoms with E-state index in [-0.39, 0.29) is 0 Å². The van der Waals surface area contributed by atoms with Crippen molar-refractivity contribution in [3.63, 3.8) is 0 Å². The summed E-state index contributed by atoms with van der Waals surface area (Å²) < 4.78 is 11.0. The van der Waals surface area contributed by atoms with E-state index in [2.05, 4.69) is 5.32 Å². The summed E-state index contributed by atoms with van der Waals surface area (Å²) in [5.74, 6) is 0. The van der Waals surface area contributed by atoms with Gasteiger partial charge in [-0.1, -0.05) is 12.1 Å². The molecule has 0 aromatic heterocycles. The van der Waals surface area contributed by atoms with Gasteiger partial charge in [0.05, 0.1) is 0 Å². The van der Waals surface area contributed by atoms with E-state index in [1.54, 1.807) is 6.26 Å². The van der Waals surface area contributed by atoms with Crippen molar-refractivity contribution in [1.29, 1.82) is 0 Å². The average molecular weight is 183 g/mol. The summed E-state index contributed by atoms with van der Waals surface area (Å²) in [5.41, 5.74) is 1.21. The largest absolute Gasteiger partial charge is 0.316 e. The zero-order chi connectivity index (χ0) is 8.97. The lowest BCUT2D eigenvalue weighted by molar-refractivity contribution is 0.686. The standard InChI is InChI=1S/C9H13NOS/c1-10-7-8-3-5-9(6-4-8)12(2)11/h3-6,10H,7H2,1-2H3. The van der Waals surface area contributed by atoms with Crippen molar-refractivity contribution in [2.45, 2.75) is 11.4 Å². The molecule has 0 aliphatic rings. The van der Waals surface area contributed by atoms with Crippen molar-refractivity contribution in [2.75, 3.05) is 13.3 Å². The van der Waals surface area contributed by atoms with Crippen LogP contribution in [0.4, 0.5) is 0 Å². The fraction of sp³-hybridized carbons (Fsp3) is 0.333. The van der Waals surface area contributed by atoms with Crippen LogP contribution in [0.2, 0.25) is 0 Å². The number of benzene rings is 1. The van der Waals surface area contributed by atoms with Gasteiger partial charge in [-0.15, -0.1) is 0 Å². The minimum absolute atomic E-state index is 0.858. The van der Waals surface area contributed by atoms with Crippen LogP contribution in [0.15, 0.2) is 29.2 Å². The maximum atomic E-state index is 11.0. The number of hydrogen-bond acceptors (Lipinski definition) is 2. The summed E-state index contributed by atoms with van der Waals surface area (Å²) in [4.78, 5) is 0.884. The van der Waals surface area contributed by atoms with Crippen molar-refractivity contribution in [3.8, 4) is 0 Å². The first kappa shape index (κ1) is 9.42. The molecule has 0 aliphatic heterocycles. The molecule has 0 saturated carbocycles. The van der Waals surface area contributed by atoms with Crippen molar-refractivity contribution in [2.24, 2.45) is 0 Å². The van der Waals surface area contributed by atoms with Crippen molar-refractivity contribution >= 4 is 10.8 Å². The van der Waals surface area contributed by atoms with E-state index in [1.165, 1.54) is 5.56 Å². The van der Waals surface area contributed by atoms with Crippen LogP contribution >= 0.6 is 0 Å². The molecule has 1 unspecified atom stereocenters. The van der Waals surface area contributed by atoms with Crippen LogP contribution in [0.5, 0.6) is 0 Å². The van der Waals surface area contributed by atoms with E-state index in [4.69, 9.17) is 0 Å². The third kappa shape index (κ3) is 2.43. The van der Waals surface area contributed by atoms with E-state index in [1.807, 2.05) is 31.3 Å². The Labute approximate surface area is 75.5 Å². The monoisotopic (exact) mass is 183 g/mol. The van der Waals surface area contributed by atoms with E-state index in [0.717, 1.165) is 11.4 Å². The minimum Gasteiger partial charge on any atom is -0.316 e. The van der Waals surface area contributed by atoms with Crippen molar-refractivity contribution < 1.29 is 4.21 Å². The first-order chi connectivity index (χ1) is 5.74. The van der Waals surface area contributed by atoms with E-state index < -0.39 is 10.8 Å². The zero-order valence-corrected chi connectivity index (χ0v) is 8.15. The quantitative estimate of drug-likeness (QED) is 0.761. The highest BCUT2D eigenvalue weighted by molar-refractivity contribution is 7.84. The van der Waals surface area contributed by atoms with Gasteiger partial charge >= 0.3 is 0 Å². The molecular weight excluding hydrogens is 170 g/mol. The predicted octanol–water partition coefficient (Wildman–Crippen LogP) is 1.14. The SMILES string of the molecule is CNCc1ccc(S(C)=O)cc1. The maximum absolute atomic E-state index is 11.0. The van der Waals surface area contributed by atoms with Gasteiger partial charge in [0.1, 0.15) is 0 Å². The Morgan fingerprint density at radius 3 is 2.33 bits per heavy atom. The summed E-state index contributed by atoms with van der Waals surface area (Å²) in [6, 6.07) is 7.80. The van der Waals surface area contributed by atoms with Gasteiger partial charge in [-0.05, 0) is 24.7 Å². The molecule has 3 heteroatoms. The van der Waals surface area contributed by atoms with Crippen LogP contribution in [-0.4, -0.2) is 17.5 Å². The molecule has 1 N–H and O–H groups in total. The second kappa shape index (κ2) is 4.38. The predicted molar refractivity (Wildman–Crippen MR) is 51.5 cm³/mol. The molecule has 1 rings (SSSR count). The minimum atomic E-state index is -0.862. The first-order valence-corrected chi connectivity index (χ1v) is 5.37. The van der Waals surface area contributed by atoms with Gasteiger partial charge in [0.15, 0.2) is 0 Å². The molecule has 0 radical (unpaired) electrons. The van der Waals surface area contributed by atoms with E-state index in [9.17, 15) is 4.21 Å². The molecule has 0 spiro atoms. The zero-order valence-electron chi connectivity index (χ0n) is 7.33. The van der Waals surface area contributed by atoms with Gasteiger partial charge in [-0.2, -0.15) is 0 Å². The Morgan fingerprint density at radius 1 is 1.33 bits per heavy atom.